The molecule has 6 heteroatoms. The largest absolute Gasteiger partial charge is 0.318 e. The second-order valence-electron chi connectivity index (χ2n) is 3.57. The lowest BCUT2D eigenvalue weighted by Gasteiger charge is -2.13. The van der Waals surface area contributed by atoms with Crippen LogP contribution in [0.5, 0.6) is 0 Å². The summed E-state index contributed by atoms with van der Waals surface area (Å²) in [6, 6.07) is 2.36. The third kappa shape index (κ3) is 2.30. The zero-order valence-corrected chi connectivity index (χ0v) is 10.0. The summed E-state index contributed by atoms with van der Waals surface area (Å²) in [7, 11) is 0. The van der Waals surface area contributed by atoms with Crippen molar-refractivity contribution in [1.82, 2.24) is 14.8 Å². The Kier molecular flexibility index (Phi) is 3.40. The lowest BCUT2D eigenvalue weighted by molar-refractivity contribution is 0.590. The van der Waals surface area contributed by atoms with Crippen molar-refractivity contribution >= 4 is 11.6 Å². The Morgan fingerprint density at radius 3 is 2.82 bits per heavy atom. The van der Waals surface area contributed by atoms with Gasteiger partial charge in [-0.2, -0.15) is 5.10 Å². The van der Waals surface area contributed by atoms with E-state index in [1.807, 2.05) is 6.92 Å². The molecular formula is C11H12ClFN4. The van der Waals surface area contributed by atoms with Crippen molar-refractivity contribution in [2.24, 2.45) is 5.73 Å². The number of nitrogens with zero attached hydrogens (tertiary/aromatic N) is 3. The molecule has 2 rings (SSSR count). The number of nitrogens with two attached hydrogens (primary N) is 1. The van der Waals surface area contributed by atoms with Crippen molar-refractivity contribution in [3.8, 4) is 0 Å². The van der Waals surface area contributed by atoms with Gasteiger partial charge in [-0.25, -0.2) is 4.39 Å². The lowest BCUT2D eigenvalue weighted by Crippen LogP contribution is -2.18. The quantitative estimate of drug-likeness (QED) is 0.913. The minimum absolute atomic E-state index is 0.393. The van der Waals surface area contributed by atoms with Gasteiger partial charge >= 0.3 is 0 Å². The molecule has 17 heavy (non-hydrogen) atoms. The van der Waals surface area contributed by atoms with Crippen LogP contribution in [-0.4, -0.2) is 14.8 Å². The van der Waals surface area contributed by atoms with E-state index in [0.717, 1.165) is 6.20 Å². The normalized spacial score (nSPS) is 12.7. The molecule has 0 amide bonds. The van der Waals surface area contributed by atoms with E-state index in [1.54, 1.807) is 16.9 Å². The number of rotatable bonds is 3. The van der Waals surface area contributed by atoms with Crippen LogP contribution in [0.2, 0.25) is 5.02 Å². The maximum Gasteiger partial charge on any atom is 0.141 e. The highest BCUT2D eigenvalue weighted by atomic mass is 35.5. The molecule has 2 heterocycles. The molecule has 0 bridgehead atoms. The van der Waals surface area contributed by atoms with Gasteiger partial charge in [0, 0.05) is 6.54 Å². The monoisotopic (exact) mass is 254 g/mol. The molecule has 0 saturated carbocycles. The van der Waals surface area contributed by atoms with E-state index in [4.69, 9.17) is 17.3 Å². The van der Waals surface area contributed by atoms with Gasteiger partial charge in [0.05, 0.1) is 34.8 Å². The minimum atomic E-state index is -0.509. The molecule has 1 unspecified atom stereocenters. The van der Waals surface area contributed by atoms with E-state index in [1.165, 1.54) is 6.07 Å². The van der Waals surface area contributed by atoms with Crippen molar-refractivity contribution in [1.29, 1.82) is 0 Å². The second-order valence-corrected chi connectivity index (χ2v) is 3.98. The van der Waals surface area contributed by atoms with E-state index in [2.05, 4.69) is 10.1 Å². The topological polar surface area (TPSA) is 56.7 Å². The molecule has 0 radical (unpaired) electrons. The van der Waals surface area contributed by atoms with E-state index in [9.17, 15) is 4.39 Å². The van der Waals surface area contributed by atoms with Crippen LogP contribution in [0.25, 0.3) is 0 Å². The van der Waals surface area contributed by atoms with Crippen molar-refractivity contribution in [2.75, 3.05) is 0 Å². The maximum atomic E-state index is 12.8. The summed E-state index contributed by atoms with van der Waals surface area (Å²) in [6.07, 6.45) is 2.68. The van der Waals surface area contributed by atoms with Crippen LogP contribution in [0.1, 0.15) is 24.4 Å². The molecule has 0 aliphatic rings. The molecule has 2 N–H and O–H groups in total. The van der Waals surface area contributed by atoms with Crippen LogP contribution in [-0.2, 0) is 6.54 Å². The average Bonchev–Trinajstić information content (AvgIpc) is 2.70. The Hall–Kier alpha value is -1.46. The molecule has 90 valence electrons. The number of hydrogen-bond acceptors (Lipinski definition) is 3. The number of halogens is 2. The minimum Gasteiger partial charge on any atom is -0.318 e. The highest BCUT2D eigenvalue weighted by Gasteiger charge is 2.18. The number of aryl methyl sites for hydroxylation is 1. The summed E-state index contributed by atoms with van der Waals surface area (Å²) in [5, 5.41) is 4.59. The lowest BCUT2D eigenvalue weighted by atomic mass is 10.1. The zero-order valence-electron chi connectivity index (χ0n) is 9.27. The maximum absolute atomic E-state index is 12.8. The fourth-order valence-electron chi connectivity index (χ4n) is 1.64. The summed E-state index contributed by atoms with van der Waals surface area (Å²) in [5.41, 5.74) is 7.30. The summed E-state index contributed by atoms with van der Waals surface area (Å²) in [4.78, 5) is 3.95. The third-order valence-corrected chi connectivity index (χ3v) is 2.79. The predicted octanol–water partition coefficient (Wildman–Crippen LogP) is 2.14. The van der Waals surface area contributed by atoms with Crippen molar-refractivity contribution in [3.63, 3.8) is 0 Å². The van der Waals surface area contributed by atoms with Crippen LogP contribution in [0.15, 0.2) is 24.5 Å². The Morgan fingerprint density at radius 1 is 1.47 bits per heavy atom. The fourth-order valence-corrected chi connectivity index (χ4v) is 1.90. The molecular weight excluding hydrogens is 243 g/mol. The Labute approximate surface area is 103 Å². The molecule has 2 aromatic rings. The molecule has 0 aliphatic heterocycles. The van der Waals surface area contributed by atoms with E-state index in [-0.39, 0.29) is 0 Å². The van der Waals surface area contributed by atoms with E-state index in [0.29, 0.717) is 23.0 Å². The highest BCUT2D eigenvalue weighted by Crippen LogP contribution is 2.25. The SMILES string of the molecule is CCn1ncc(Cl)c1C(N)c1ccc(F)cn1. The first-order valence-corrected chi connectivity index (χ1v) is 5.59. The zero-order chi connectivity index (χ0) is 12.4. The molecule has 0 aliphatic carbocycles. The first kappa shape index (κ1) is 12.0. The van der Waals surface area contributed by atoms with Crippen LogP contribution in [0.4, 0.5) is 4.39 Å². The Bertz CT molecular complexity index is 509. The molecule has 4 nitrogen and oxygen atoms in total. The summed E-state index contributed by atoms with van der Waals surface area (Å²) in [6.45, 7) is 2.61. The standard InChI is InChI=1S/C11H12ClFN4/c1-2-17-11(8(12)6-16-17)10(14)9-4-3-7(13)5-15-9/h3-6,10H,2,14H2,1H3. The molecule has 2 aromatic heterocycles. The van der Waals surface area contributed by atoms with Gasteiger partial charge in [-0.05, 0) is 19.1 Å². The molecule has 1 atom stereocenters. The fraction of sp³-hybridized carbons (Fsp3) is 0.273. The second kappa shape index (κ2) is 4.81. The van der Waals surface area contributed by atoms with Crippen LogP contribution >= 0.6 is 11.6 Å². The van der Waals surface area contributed by atoms with E-state index >= 15 is 0 Å². The van der Waals surface area contributed by atoms with Gasteiger partial charge in [0.25, 0.3) is 0 Å². The Morgan fingerprint density at radius 2 is 2.24 bits per heavy atom. The number of aromatic nitrogens is 3. The average molecular weight is 255 g/mol. The molecule has 0 saturated heterocycles. The first-order valence-electron chi connectivity index (χ1n) is 5.21. The van der Waals surface area contributed by atoms with Crippen molar-refractivity contribution < 1.29 is 4.39 Å². The van der Waals surface area contributed by atoms with Crippen molar-refractivity contribution in [2.45, 2.75) is 19.5 Å². The summed E-state index contributed by atoms with van der Waals surface area (Å²) >= 11 is 6.03. The highest BCUT2D eigenvalue weighted by molar-refractivity contribution is 6.31. The molecule has 0 spiro atoms. The predicted molar refractivity (Wildman–Crippen MR) is 63.1 cm³/mol. The first-order chi connectivity index (χ1) is 8.13. The third-order valence-electron chi connectivity index (χ3n) is 2.50. The van der Waals surface area contributed by atoms with Gasteiger partial charge < -0.3 is 5.73 Å². The Balaban J connectivity index is 2.39. The molecule has 0 aromatic carbocycles. The summed E-state index contributed by atoms with van der Waals surface area (Å²) in [5.74, 6) is -0.393. The van der Waals surface area contributed by atoms with Crippen LogP contribution in [0, 0.1) is 5.82 Å². The molecule has 0 fully saturated rings. The smallest absolute Gasteiger partial charge is 0.141 e. The number of hydrogen-bond donors (Lipinski definition) is 1. The van der Waals surface area contributed by atoms with Crippen molar-refractivity contribution in [3.05, 3.63) is 46.8 Å². The summed E-state index contributed by atoms with van der Waals surface area (Å²) < 4.78 is 14.5. The van der Waals surface area contributed by atoms with Gasteiger partial charge in [-0.15, -0.1) is 0 Å². The van der Waals surface area contributed by atoms with Gasteiger partial charge in [0.15, 0.2) is 0 Å². The number of pyridine rings is 1. The van der Waals surface area contributed by atoms with E-state index < -0.39 is 11.9 Å². The van der Waals surface area contributed by atoms with Gasteiger partial charge in [-0.3, -0.25) is 9.67 Å². The van der Waals surface area contributed by atoms with Crippen LogP contribution < -0.4 is 5.73 Å². The van der Waals surface area contributed by atoms with Gasteiger partial charge in [-0.1, -0.05) is 11.6 Å². The van der Waals surface area contributed by atoms with Crippen LogP contribution in [0.3, 0.4) is 0 Å². The van der Waals surface area contributed by atoms with Gasteiger partial charge in [0.1, 0.15) is 5.82 Å². The van der Waals surface area contributed by atoms with Gasteiger partial charge in [0.2, 0.25) is 0 Å².